The highest BCUT2D eigenvalue weighted by molar-refractivity contribution is 4.84. The van der Waals surface area contributed by atoms with Crippen LogP contribution in [-0.2, 0) is 0 Å². The van der Waals surface area contributed by atoms with Crippen LogP contribution in [0.5, 0.6) is 0 Å². The van der Waals surface area contributed by atoms with Crippen molar-refractivity contribution in [2.75, 3.05) is 26.2 Å². The average molecular weight is 242 g/mol. The zero-order valence-electron chi connectivity index (χ0n) is 11.6. The van der Waals surface area contributed by atoms with Gasteiger partial charge in [0.15, 0.2) is 0 Å². The smallest absolute Gasteiger partial charge is 0.0431 e. The molecule has 1 aliphatic heterocycles. The number of aliphatic hydroxyl groups is 1. The van der Waals surface area contributed by atoms with Crippen LogP contribution in [0.3, 0.4) is 0 Å². The first-order chi connectivity index (χ1) is 8.29. The van der Waals surface area contributed by atoms with E-state index in [2.05, 4.69) is 24.1 Å². The first kappa shape index (κ1) is 14.9. The molecule has 2 atom stereocenters. The Kier molecular flexibility index (Phi) is 7.82. The molecule has 0 aromatic carbocycles. The average Bonchev–Trinajstić information content (AvgIpc) is 2.37. The van der Waals surface area contributed by atoms with E-state index in [9.17, 15) is 0 Å². The van der Waals surface area contributed by atoms with Crippen molar-refractivity contribution in [1.82, 2.24) is 10.2 Å². The van der Waals surface area contributed by atoms with Gasteiger partial charge in [0.25, 0.3) is 0 Å². The Bertz CT molecular complexity index is 187. The largest absolute Gasteiger partial charge is 0.396 e. The molecule has 0 saturated carbocycles. The predicted molar refractivity (Wildman–Crippen MR) is 73.3 cm³/mol. The predicted octanol–water partition coefficient (Wildman–Crippen LogP) is 2.00. The molecule has 0 amide bonds. The first-order valence-corrected chi connectivity index (χ1v) is 7.38. The Morgan fingerprint density at radius 3 is 2.88 bits per heavy atom. The van der Waals surface area contributed by atoms with Crippen molar-refractivity contribution in [2.45, 2.75) is 64.5 Å². The third kappa shape index (κ3) is 5.36. The normalized spacial score (nSPS) is 23.8. The van der Waals surface area contributed by atoms with E-state index < -0.39 is 0 Å². The Morgan fingerprint density at radius 1 is 1.35 bits per heavy atom. The molecule has 1 fully saturated rings. The molecule has 1 rings (SSSR count). The Hall–Kier alpha value is -0.120. The molecule has 3 heteroatoms. The maximum atomic E-state index is 8.86. The summed E-state index contributed by atoms with van der Waals surface area (Å²) in [6.45, 7) is 8.41. The minimum absolute atomic E-state index is 0.335. The van der Waals surface area contributed by atoms with Gasteiger partial charge in [0.2, 0.25) is 0 Å². The van der Waals surface area contributed by atoms with E-state index in [0.717, 1.165) is 25.9 Å². The molecule has 2 unspecified atom stereocenters. The number of nitrogens with one attached hydrogen (secondary N) is 1. The van der Waals surface area contributed by atoms with Crippen LogP contribution in [0.15, 0.2) is 0 Å². The van der Waals surface area contributed by atoms with E-state index in [1.807, 2.05) is 0 Å². The molecule has 0 aromatic heterocycles. The summed E-state index contributed by atoms with van der Waals surface area (Å²) < 4.78 is 0. The van der Waals surface area contributed by atoms with E-state index in [-0.39, 0.29) is 0 Å². The fourth-order valence-corrected chi connectivity index (χ4v) is 2.80. The molecule has 17 heavy (non-hydrogen) atoms. The van der Waals surface area contributed by atoms with Crippen LogP contribution in [0.1, 0.15) is 52.4 Å². The van der Waals surface area contributed by atoms with Gasteiger partial charge < -0.3 is 10.4 Å². The fourth-order valence-electron chi connectivity index (χ4n) is 2.80. The molecule has 0 bridgehead atoms. The zero-order chi connectivity index (χ0) is 12.5. The number of unbranched alkanes of at least 4 members (excludes halogenated alkanes) is 1. The van der Waals surface area contributed by atoms with E-state index in [0.29, 0.717) is 18.7 Å². The summed E-state index contributed by atoms with van der Waals surface area (Å²) in [5, 5.41) is 12.5. The number of hydrogen-bond donors (Lipinski definition) is 2. The molecule has 1 heterocycles. The van der Waals surface area contributed by atoms with E-state index in [1.165, 1.54) is 32.2 Å². The molecule has 3 nitrogen and oxygen atoms in total. The maximum absolute atomic E-state index is 8.86. The van der Waals surface area contributed by atoms with Crippen LogP contribution < -0.4 is 5.32 Å². The summed E-state index contributed by atoms with van der Waals surface area (Å²) in [6.07, 6.45) is 7.33. The highest BCUT2D eigenvalue weighted by Crippen LogP contribution is 2.20. The monoisotopic (exact) mass is 242 g/mol. The van der Waals surface area contributed by atoms with Gasteiger partial charge in [0.1, 0.15) is 0 Å². The highest BCUT2D eigenvalue weighted by Gasteiger charge is 2.26. The van der Waals surface area contributed by atoms with Crippen LogP contribution in [0.25, 0.3) is 0 Å². The number of aliphatic hydroxyl groups excluding tert-OH is 1. The van der Waals surface area contributed by atoms with Crippen LogP contribution in [-0.4, -0.2) is 48.3 Å². The van der Waals surface area contributed by atoms with Gasteiger partial charge in [0.05, 0.1) is 0 Å². The van der Waals surface area contributed by atoms with Gasteiger partial charge in [-0.3, -0.25) is 4.90 Å². The quantitative estimate of drug-likeness (QED) is 0.639. The standard InChI is InChI=1S/C14H30N2O/c1-3-9-15-13(2)14-8-4-5-10-16(14)11-6-7-12-17/h13-15,17H,3-12H2,1-2H3. The van der Waals surface area contributed by atoms with Crippen LogP contribution in [0, 0.1) is 0 Å². The molecule has 1 saturated heterocycles. The van der Waals surface area contributed by atoms with E-state index in [1.54, 1.807) is 0 Å². The second-order valence-corrected chi connectivity index (χ2v) is 5.27. The van der Waals surface area contributed by atoms with Gasteiger partial charge in [-0.15, -0.1) is 0 Å². The molecule has 0 aliphatic carbocycles. The summed E-state index contributed by atoms with van der Waals surface area (Å²) in [5.41, 5.74) is 0. The summed E-state index contributed by atoms with van der Waals surface area (Å²) in [4.78, 5) is 2.63. The van der Waals surface area contributed by atoms with Gasteiger partial charge in [0, 0.05) is 18.7 Å². The van der Waals surface area contributed by atoms with Gasteiger partial charge in [-0.2, -0.15) is 0 Å². The molecular formula is C14H30N2O. The zero-order valence-corrected chi connectivity index (χ0v) is 11.6. The number of piperidine rings is 1. The molecule has 2 N–H and O–H groups in total. The number of likely N-dealkylation sites (tertiary alicyclic amines) is 1. The topological polar surface area (TPSA) is 35.5 Å². The van der Waals surface area contributed by atoms with Crippen molar-refractivity contribution < 1.29 is 5.11 Å². The lowest BCUT2D eigenvalue weighted by Crippen LogP contribution is -2.51. The highest BCUT2D eigenvalue weighted by atomic mass is 16.2. The Labute approximate surface area is 107 Å². The maximum Gasteiger partial charge on any atom is 0.0431 e. The molecule has 0 aromatic rings. The number of rotatable bonds is 8. The van der Waals surface area contributed by atoms with Gasteiger partial charge in [-0.05, 0) is 58.7 Å². The lowest BCUT2D eigenvalue weighted by Gasteiger charge is -2.39. The summed E-state index contributed by atoms with van der Waals surface area (Å²) in [6, 6.07) is 1.30. The second kappa shape index (κ2) is 8.90. The van der Waals surface area contributed by atoms with Crippen molar-refractivity contribution >= 4 is 0 Å². The first-order valence-electron chi connectivity index (χ1n) is 7.38. The summed E-state index contributed by atoms with van der Waals surface area (Å²) in [5.74, 6) is 0. The van der Waals surface area contributed by atoms with Gasteiger partial charge in [-0.1, -0.05) is 13.3 Å². The summed E-state index contributed by atoms with van der Waals surface area (Å²) >= 11 is 0. The van der Waals surface area contributed by atoms with Crippen molar-refractivity contribution in [3.63, 3.8) is 0 Å². The SMILES string of the molecule is CCCNC(C)C1CCCCN1CCCCO. The van der Waals surface area contributed by atoms with Crippen molar-refractivity contribution in [1.29, 1.82) is 0 Å². The number of hydrogen-bond acceptors (Lipinski definition) is 3. The Morgan fingerprint density at radius 2 is 2.18 bits per heavy atom. The molecular weight excluding hydrogens is 212 g/mol. The molecule has 102 valence electrons. The summed E-state index contributed by atoms with van der Waals surface area (Å²) in [7, 11) is 0. The third-order valence-corrected chi connectivity index (χ3v) is 3.81. The van der Waals surface area contributed by atoms with Crippen LogP contribution in [0.2, 0.25) is 0 Å². The minimum atomic E-state index is 0.335. The molecule has 1 aliphatic rings. The van der Waals surface area contributed by atoms with Crippen molar-refractivity contribution in [3.8, 4) is 0 Å². The van der Waals surface area contributed by atoms with Crippen molar-refractivity contribution in [3.05, 3.63) is 0 Å². The lowest BCUT2D eigenvalue weighted by molar-refractivity contribution is 0.114. The molecule has 0 spiro atoms. The van der Waals surface area contributed by atoms with Gasteiger partial charge in [-0.25, -0.2) is 0 Å². The second-order valence-electron chi connectivity index (χ2n) is 5.27. The lowest BCUT2D eigenvalue weighted by atomic mass is 9.96. The minimum Gasteiger partial charge on any atom is -0.396 e. The Balaban J connectivity index is 2.35. The third-order valence-electron chi connectivity index (χ3n) is 3.81. The number of nitrogens with zero attached hydrogens (tertiary/aromatic N) is 1. The van der Waals surface area contributed by atoms with Crippen LogP contribution in [0.4, 0.5) is 0 Å². The van der Waals surface area contributed by atoms with Crippen LogP contribution >= 0.6 is 0 Å². The molecule has 0 radical (unpaired) electrons. The van der Waals surface area contributed by atoms with Crippen molar-refractivity contribution in [2.24, 2.45) is 0 Å². The van der Waals surface area contributed by atoms with Gasteiger partial charge >= 0.3 is 0 Å². The van der Waals surface area contributed by atoms with E-state index >= 15 is 0 Å². The van der Waals surface area contributed by atoms with E-state index in [4.69, 9.17) is 5.11 Å². The fraction of sp³-hybridized carbons (Fsp3) is 1.00.